The number of carbonyl (C=O) groups excluding carboxylic acids is 2. The van der Waals surface area contributed by atoms with Crippen LogP contribution in [0.25, 0.3) is 0 Å². The first-order valence-corrected chi connectivity index (χ1v) is 5.35. The van der Waals surface area contributed by atoms with E-state index in [1.54, 1.807) is 0 Å². The maximum Gasteiger partial charge on any atom is 0.356 e. The molecule has 5 nitrogen and oxygen atoms in total. The minimum absolute atomic E-state index is 0.0386. The van der Waals surface area contributed by atoms with Gasteiger partial charge >= 0.3 is 5.97 Å². The number of carbonyl (C=O) groups is 2. The van der Waals surface area contributed by atoms with Crippen molar-refractivity contribution in [1.82, 2.24) is 0 Å². The zero-order valence-electron chi connectivity index (χ0n) is 10.0. The van der Waals surface area contributed by atoms with Gasteiger partial charge in [0.1, 0.15) is 11.6 Å². The van der Waals surface area contributed by atoms with Gasteiger partial charge in [-0.15, -0.1) is 0 Å². The Balaban J connectivity index is 2.87. The molecule has 0 aliphatic carbocycles. The summed E-state index contributed by atoms with van der Waals surface area (Å²) in [5.74, 6) is -3.67. The summed E-state index contributed by atoms with van der Waals surface area (Å²) < 4.78 is 30.5. The van der Waals surface area contributed by atoms with Crippen LogP contribution in [0.4, 0.5) is 8.78 Å². The van der Waals surface area contributed by atoms with Crippen LogP contribution >= 0.6 is 0 Å². The highest BCUT2D eigenvalue weighted by Gasteiger charge is 2.21. The molecule has 1 aromatic rings. The summed E-state index contributed by atoms with van der Waals surface area (Å²) in [4.78, 5) is 23.0. The Morgan fingerprint density at radius 1 is 1.37 bits per heavy atom. The summed E-state index contributed by atoms with van der Waals surface area (Å²) in [6.45, 7) is 1.57. The average molecular weight is 271 g/mol. The van der Waals surface area contributed by atoms with Gasteiger partial charge in [0.05, 0.1) is 18.6 Å². The Morgan fingerprint density at radius 2 is 2.05 bits per heavy atom. The lowest BCUT2D eigenvalue weighted by atomic mass is 10.0. The van der Waals surface area contributed by atoms with Gasteiger partial charge in [-0.1, -0.05) is 5.16 Å². The number of rotatable bonds is 5. The van der Waals surface area contributed by atoms with Crippen molar-refractivity contribution >= 4 is 17.5 Å². The van der Waals surface area contributed by atoms with Gasteiger partial charge in [-0.25, -0.2) is 13.6 Å². The molecule has 0 amide bonds. The third-order valence-corrected chi connectivity index (χ3v) is 2.19. The number of oxime groups is 1. The molecule has 19 heavy (non-hydrogen) atoms. The molecule has 0 bridgehead atoms. The molecular weight excluding hydrogens is 260 g/mol. The molecule has 0 saturated heterocycles. The molecule has 102 valence electrons. The van der Waals surface area contributed by atoms with Crippen molar-refractivity contribution in [2.24, 2.45) is 5.16 Å². The lowest BCUT2D eigenvalue weighted by Crippen LogP contribution is -2.21. The van der Waals surface area contributed by atoms with E-state index in [1.165, 1.54) is 6.92 Å². The van der Waals surface area contributed by atoms with Crippen LogP contribution in [0.15, 0.2) is 23.4 Å². The predicted molar refractivity (Wildman–Crippen MR) is 61.2 cm³/mol. The van der Waals surface area contributed by atoms with Gasteiger partial charge in [-0.3, -0.25) is 4.79 Å². The first-order chi connectivity index (χ1) is 8.99. The van der Waals surface area contributed by atoms with E-state index >= 15 is 0 Å². The Morgan fingerprint density at radius 3 is 2.58 bits per heavy atom. The lowest BCUT2D eigenvalue weighted by molar-refractivity contribution is -0.135. The number of benzene rings is 1. The Hall–Kier alpha value is -2.31. The van der Waals surface area contributed by atoms with Crippen molar-refractivity contribution in [2.45, 2.75) is 13.3 Å². The van der Waals surface area contributed by atoms with E-state index in [9.17, 15) is 18.4 Å². The molecule has 0 heterocycles. The Bertz CT molecular complexity index is 528. The fourth-order valence-corrected chi connectivity index (χ4v) is 1.33. The lowest BCUT2D eigenvalue weighted by Gasteiger charge is -2.04. The first-order valence-electron chi connectivity index (χ1n) is 5.35. The number of Topliss-reactive ketones (excluding diaryl/α,β-unsaturated/α-hetero) is 1. The third-order valence-electron chi connectivity index (χ3n) is 2.19. The van der Waals surface area contributed by atoms with Gasteiger partial charge in [-0.2, -0.15) is 0 Å². The molecule has 0 saturated carbocycles. The van der Waals surface area contributed by atoms with Crippen molar-refractivity contribution in [2.75, 3.05) is 6.61 Å². The van der Waals surface area contributed by atoms with Crippen LogP contribution in [0.1, 0.15) is 23.7 Å². The average Bonchev–Trinajstić information content (AvgIpc) is 2.35. The van der Waals surface area contributed by atoms with Crippen LogP contribution in [0, 0.1) is 11.6 Å². The fraction of sp³-hybridized carbons (Fsp3) is 0.250. The standard InChI is InChI=1S/C12H11F2NO4/c1-2-19-12(17)10(15-18)6-11(16)8-4-3-7(13)5-9(8)14/h3-5,18H,2,6H2,1H3/b15-10+. The maximum atomic E-state index is 13.3. The van der Waals surface area contributed by atoms with Crippen LogP contribution in [-0.2, 0) is 9.53 Å². The van der Waals surface area contributed by atoms with Crippen LogP contribution < -0.4 is 0 Å². The van der Waals surface area contributed by atoms with Crippen molar-refractivity contribution < 1.29 is 28.3 Å². The summed E-state index contributed by atoms with van der Waals surface area (Å²) >= 11 is 0. The quantitative estimate of drug-likeness (QED) is 0.292. The van der Waals surface area contributed by atoms with Crippen LogP contribution in [-0.4, -0.2) is 29.3 Å². The second-order valence-electron chi connectivity index (χ2n) is 3.49. The molecule has 0 aromatic heterocycles. The molecule has 0 radical (unpaired) electrons. The van der Waals surface area contributed by atoms with Gasteiger partial charge in [0, 0.05) is 6.07 Å². The molecule has 1 N–H and O–H groups in total. The zero-order valence-corrected chi connectivity index (χ0v) is 10.0. The van der Waals surface area contributed by atoms with Gasteiger partial charge < -0.3 is 9.94 Å². The highest BCUT2D eigenvalue weighted by atomic mass is 19.1. The minimum Gasteiger partial charge on any atom is -0.461 e. The number of ether oxygens (including phenoxy) is 1. The number of ketones is 1. The van der Waals surface area contributed by atoms with Crippen LogP contribution in [0.3, 0.4) is 0 Å². The Kier molecular flexibility index (Phi) is 5.11. The molecule has 7 heteroatoms. The highest BCUT2D eigenvalue weighted by molar-refractivity contribution is 6.40. The number of nitrogens with zero attached hydrogens (tertiary/aromatic N) is 1. The summed E-state index contributed by atoms with van der Waals surface area (Å²) in [6, 6.07) is 2.41. The maximum absolute atomic E-state index is 13.3. The third kappa shape index (κ3) is 3.84. The molecule has 1 rings (SSSR count). The molecule has 0 fully saturated rings. The highest BCUT2D eigenvalue weighted by Crippen LogP contribution is 2.12. The van der Waals surface area contributed by atoms with Crippen molar-refractivity contribution in [3.63, 3.8) is 0 Å². The zero-order chi connectivity index (χ0) is 14.4. The van der Waals surface area contributed by atoms with Crippen LogP contribution in [0.5, 0.6) is 0 Å². The van der Waals surface area contributed by atoms with Gasteiger partial charge in [-0.05, 0) is 19.1 Å². The number of hydrogen-bond donors (Lipinski definition) is 1. The van der Waals surface area contributed by atoms with Crippen molar-refractivity contribution in [1.29, 1.82) is 0 Å². The van der Waals surface area contributed by atoms with E-state index < -0.39 is 41.1 Å². The van der Waals surface area contributed by atoms with Gasteiger partial charge in [0.2, 0.25) is 0 Å². The monoisotopic (exact) mass is 271 g/mol. The van der Waals surface area contributed by atoms with E-state index in [1.807, 2.05) is 0 Å². The number of hydrogen-bond acceptors (Lipinski definition) is 5. The van der Waals surface area contributed by atoms with Crippen molar-refractivity contribution in [3.8, 4) is 0 Å². The van der Waals surface area contributed by atoms with Gasteiger partial charge in [0.15, 0.2) is 11.5 Å². The summed E-state index contributed by atoms with van der Waals surface area (Å²) in [5, 5.41) is 11.3. The second-order valence-corrected chi connectivity index (χ2v) is 3.49. The molecule has 0 atom stereocenters. The minimum atomic E-state index is -1.05. The SMILES string of the molecule is CCOC(=O)/C(CC(=O)c1ccc(F)cc1F)=N/O. The first kappa shape index (κ1) is 14.7. The second kappa shape index (κ2) is 6.58. The smallest absolute Gasteiger partial charge is 0.356 e. The molecule has 0 spiro atoms. The fourth-order valence-electron chi connectivity index (χ4n) is 1.33. The predicted octanol–water partition coefficient (Wildman–Crippen LogP) is 1.93. The van der Waals surface area contributed by atoms with Crippen molar-refractivity contribution in [3.05, 3.63) is 35.4 Å². The number of halogens is 2. The van der Waals surface area contributed by atoms with E-state index in [-0.39, 0.29) is 6.61 Å². The molecule has 0 unspecified atom stereocenters. The summed E-state index contributed by atoms with van der Waals surface area (Å²) in [6.07, 6.45) is -0.641. The van der Waals surface area contributed by atoms with E-state index in [2.05, 4.69) is 9.89 Å². The summed E-state index contributed by atoms with van der Waals surface area (Å²) in [5.41, 5.74) is -0.942. The number of esters is 1. The normalized spacial score (nSPS) is 11.2. The molecular formula is C12H11F2NO4. The van der Waals surface area contributed by atoms with Crippen LogP contribution in [0.2, 0.25) is 0 Å². The molecule has 0 aliphatic rings. The molecule has 1 aromatic carbocycles. The Labute approximate surface area is 107 Å². The van der Waals surface area contributed by atoms with E-state index in [0.717, 1.165) is 12.1 Å². The molecule has 0 aliphatic heterocycles. The largest absolute Gasteiger partial charge is 0.461 e. The van der Waals surface area contributed by atoms with E-state index in [0.29, 0.717) is 6.07 Å². The van der Waals surface area contributed by atoms with Gasteiger partial charge in [0.25, 0.3) is 0 Å². The van der Waals surface area contributed by atoms with E-state index in [4.69, 9.17) is 5.21 Å². The summed E-state index contributed by atoms with van der Waals surface area (Å²) in [7, 11) is 0. The topological polar surface area (TPSA) is 76.0 Å².